The number of amides is 3. The summed E-state index contributed by atoms with van der Waals surface area (Å²) < 4.78 is 10.2. The number of hydrogen-bond acceptors (Lipinski definition) is 7. The van der Waals surface area contributed by atoms with Gasteiger partial charge in [0.15, 0.2) is 0 Å². The molecule has 0 saturated heterocycles. The van der Waals surface area contributed by atoms with Crippen molar-refractivity contribution in [1.29, 1.82) is 0 Å². The van der Waals surface area contributed by atoms with E-state index in [4.69, 9.17) is 9.47 Å². The monoisotopic (exact) mass is 521 g/mol. The quantitative estimate of drug-likeness (QED) is 0.360. The summed E-state index contributed by atoms with van der Waals surface area (Å²) >= 11 is 0. The van der Waals surface area contributed by atoms with Gasteiger partial charge in [-0.05, 0) is 66.0 Å². The van der Waals surface area contributed by atoms with Gasteiger partial charge in [-0.2, -0.15) is 0 Å². The molecule has 3 unspecified atom stereocenters. The molecule has 3 amide bonds. The standard InChI is InChI=1S/C27H43N3O7/c1-9-19(5)30(25(34)21(16-31)29-26(35)37-27(6,7)8)23(20-12-11-17(3)15-18(20)4)24(33)28-14-13-22(32)36-10-2/h11-12,15,19,21,23,31H,9-10,13-14,16H2,1-8H3,(H,28,33)(H,29,35). The number of carbonyl (C=O) groups is 4. The van der Waals surface area contributed by atoms with E-state index < -0.39 is 54.2 Å². The van der Waals surface area contributed by atoms with Crippen LogP contribution >= 0.6 is 0 Å². The first-order valence-electron chi connectivity index (χ1n) is 12.7. The third-order valence-electron chi connectivity index (χ3n) is 5.67. The normalized spacial score (nSPS) is 13.6. The maximum atomic E-state index is 13.8. The molecular weight excluding hydrogens is 478 g/mol. The zero-order valence-corrected chi connectivity index (χ0v) is 23.3. The van der Waals surface area contributed by atoms with Crippen molar-refractivity contribution in [2.75, 3.05) is 19.8 Å². The number of nitrogens with zero attached hydrogens (tertiary/aromatic N) is 1. The van der Waals surface area contributed by atoms with E-state index in [2.05, 4.69) is 10.6 Å². The fourth-order valence-electron chi connectivity index (χ4n) is 3.78. The van der Waals surface area contributed by atoms with Crippen molar-refractivity contribution < 1.29 is 33.8 Å². The number of rotatable bonds is 12. The van der Waals surface area contributed by atoms with Gasteiger partial charge in [-0.15, -0.1) is 0 Å². The van der Waals surface area contributed by atoms with Crippen molar-refractivity contribution in [1.82, 2.24) is 15.5 Å². The molecule has 1 aromatic carbocycles. The molecule has 0 aliphatic rings. The summed E-state index contributed by atoms with van der Waals surface area (Å²) in [5.41, 5.74) is 1.59. The van der Waals surface area contributed by atoms with Crippen LogP contribution in [0.4, 0.5) is 4.79 Å². The van der Waals surface area contributed by atoms with Crippen LogP contribution in [0.3, 0.4) is 0 Å². The fraction of sp³-hybridized carbons (Fsp3) is 0.630. The number of carbonyl (C=O) groups excluding carboxylic acids is 4. The van der Waals surface area contributed by atoms with Crippen LogP contribution in [0.5, 0.6) is 0 Å². The van der Waals surface area contributed by atoms with Crippen LogP contribution in [0, 0.1) is 13.8 Å². The maximum absolute atomic E-state index is 13.8. The molecule has 0 heterocycles. The van der Waals surface area contributed by atoms with Gasteiger partial charge in [0.05, 0.1) is 19.6 Å². The molecule has 1 aromatic rings. The van der Waals surface area contributed by atoms with Crippen molar-refractivity contribution in [2.24, 2.45) is 0 Å². The van der Waals surface area contributed by atoms with E-state index in [-0.39, 0.29) is 19.6 Å². The summed E-state index contributed by atoms with van der Waals surface area (Å²) in [5, 5.41) is 15.2. The molecule has 0 radical (unpaired) electrons. The Morgan fingerprint density at radius 3 is 2.27 bits per heavy atom. The van der Waals surface area contributed by atoms with Crippen molar-refractivity contribution in [3.05, 3.63) is 34.9 Å². The lowest BCUT2D eigenvalue weighted by Gasteiger charge is -2.38. The maximum Gasteiger partial charge on any atom is 0.408 e. The predicted molar refractivity (Wildman–Crippen MR) is 140 cm³/mol. The Bertz CT molecular complexity index is 942. The molecule has 0 aliphatic carbocycles. The lowest BCUT2D eigenvalue weighted by Crippen LogP contribution is -2.56. The van der Waals surface area contributed by atoms with Crippen LogP contribution in [-0.2, 0) is 23.9 Å². The molecule has 37 heavy (non-hydrogen) atoms. The number of aryl methyl sites for hydroxylation is 2. The molecular formula is C27H43N3O7. The molecule has 3 N–H and O–H groups in total. The molecule has 208 valence electrons. The molecule has 10 nitrogen and oxygen atoms in total. The Labute approximate surface area is 220 Å². The topological polar surface area (TPSA) is 134 Å². The highest BCUT2D eigenvalue weighted by Gasteiger charge is 2.38. The molecule has 0 aliphatic heterocycles. The number of esters is 1. The van der Waals surface area contributed by atoms with E-state index >= 15 is 0 Å². The minimum absolute atomic E-state index is 0.0179. The summed E-state index contributed by atoms with van der Waals surface area (Å²) in [7, 11) is 0. The number of aliphatic hydroxyl groups is 1. The number of nitrogens with one attached hydrogen (secondary N) is 2. The zero-order valence-electron chi connectivity index (χ0n) is 23.3. The summed E-state index contributed by atoms with van der Waals surface area (Å²) in [4.78, 5) is 52.9. The Hall–Kier alpha value is -3.14. The summed E-state index contributed by atoms with van der Waals surface area (Å²) in [6, 6.07) is 2.73. The van der Waals surface area contributed by atoms with Crippen molar-refractivity contribution in [2.45, 2.75) is 92.0 Å². The molecule has 0 bridgehead atoms. The van der Waals surface area contributed by atoms with Crippen LogP contribution in [0.1, 0.15) is 77.1 Å². The van der Waals surface area contributed by atoms with E-state index in [1.54, 1.807) is 40.7 Å². The van der Waals surface area contributed by atoms with Crippen LogP contribution in [0.15, 0.2) is 18.2 Å². The van der Waals surface area contributed by atoms with Gasteiger partial charge in [0.25, 0.3) is 0 Å². The fourth-order valence-corrected chi connectivity index (χ4v) is 3.78. The highest BCUT2D eigenvalue weighted by molar-refractivity contribution is 5.92. The number of alkyl carbamates (subject to hydrolysis) is 1. The minimum Gasteiger partial charge on any atom is -0.466 e. The highest BCUT2D eigenvalue weighted by atomic mass is 16.6. The molecule has 10 heteroatoms. The zero-order chi connectivity index (χ0) is 28.3. The number of aliphatic hydroxyl groups excluding tert-OH is 1. The number of hydrogen-bond donors (Lipinski definition) is 3. The average Bonchev–Trinajstić information content (AvgIpc) is 2.79. The second-order valence-corrected chi connectivity index (χ2v) is 9.99. The van der Waals surface area contributed by atoms with Crippen molar-refractivity contribution in [3.8, 4) is 0 Å². The van der Waals surface area contributed by atoms with Gasteiger partial charge in [0.1, 0.15) is 17.7 Å². The largest absolute Gasteiger partial charge is 0.466 e. The van der Waals surface area contributed by atoms with Gasteiger partial charge in [-0.1, -0.05) is 30.7 Å². The van der Waals surface area contributed by atoms with Gasteiger partial charge in [-0.3, -0.25) is 14.4 Å². The van der Waals surface area contributed by atoms with Gasteiger partial charge in [0, 0.05) is 12.6 Å². The van der Waals surface area contributed by atoms with Gasteiger partial charge in [0.2, 0.25) is 11.8 Å². The SMILES string of the molecule is CCOC(=O)CCNC(=O)C(c1ccc(C)cc1C)N(C(=O)C(CO)NC(=O)OC(C)(C)C)C(C)CC. The van der Waals surface area contributed by atoms with Crippen LogP contribution < -0.4 is 10.6 Å². The second kappa shape index (κ2) is 14.6. The Morgan fingerprint density at radius 2 is 1.76 bits per heavy atom. The molecule has 0 saturated carbocycles. The lowest BCUT2D eigenvalue weighted by atomic mass is 9.95. The third kappa shape index (κ3) is 10.0. The second-order valence-electron chi connectivity index (χ2n) is 9.99. The van der Waals surface area contributed by atoms with Crippen molar-refractivity contribution in [3.63, 3.8) is 0 Å². The molecule has 0 spiro atoms. The van der Waals surface area contributed by atoms with Crippen molar-refractivity contribution >= 4 is 23.9 Å². The summed E-state index contributed by atoms with van der Waals surface area (Å²) in [6.45, 7) is 13.8. The van der Waals surface area contributed by atoms with E-state index in [9.17, 15) is 24.3 Å². The first-order chi connectivity index (χ1) is 17.2. The first-order valence-corrected chi connectivity index (χ1v) is 12.7. The molecule has 3 atom stereocenters. The van der Waals surface area contributed by atoms with E-state index in [0.717, 1.165) is 11.1 Å². The Kier molecular flexibility index (Phi) is 12.6. The van der Waals surface area contributed by atoms with Gasteiger partial charge < -0.3 is 30.1 Å². The van der Waals surface area contributed by atoms with E-state index in [1.165, 1.54) is 4.90 Å². The van der Waals surface area contributed by atoms with Crippen LogP contribution in [-0.4, -0.2) is 71.3 Å². The van der Waals surface area contributed by atoms with E-state index in [1.807, 2.05) is 32.9 Å². The van der Waals surface area contributed by atoms with E-state index in [0.29, 0.717) is 12.0 Å². The highest BCUT2D eigenvalue weighted by Crippen LogP contribution is 2.29. The minimum atomic E-state index is -1.33. The average molecular weight is 522 g/mol. The Balaban J connectivity index is 3.42. The number of ether oxygens (including phenoxy) is 2. The predicted octanol–water partition coefficient (Wildman–Crippen LogP) is 2.93. The lowest BCUT2D eigenvalue weighted by molar-refractivity contribution is -0.146. The smallest absolute Gasteiger partial charge is 0.408 e. The third-order valence-corrected chi connectivity index (χ3v) is 5.67. The van der Waals surface area contributed by atoms with Crippen LogP contribution in [0.25, 0.3) is 0 Å². The molecule has 1 rings (SSSR count). The summed E-state index contributed by atoms with van der Waals surface area (Å²) in [5.74, 6) is -1.56. The van der Waals surface area contributed by atoms with Gasteiger partial charge in [-0.25, -0.2) is 4.79 Å². The first kappa shape index (κ1) is 31.9. The molecule has 0 fully saturated rings. The molecule has 0 aromatic heterocycles. The van der Waals surface area contributed by atoms with Crippen LogP contribution in [0.2, 0.25) is 0 Å². The Morgan fingerprint density at radius 1 is 1.11 bits per heavy atom. The summed E-state index contributed by atoms with van der Waals surface area (Å²) in [6.07, 6.45) is -0.366. The van der Waals surface area contributed by atoms with Gasteiger partial charge >= 0.3 is 12.1 Å². The number of benzene rings is 1.